The molecule has 3 atom stereocenters. The van der Waals surface area contributed by atoms with E-state index in [1.807, 2.05) is 0 Å². The molecule has 0 aliphatic carbocycles. The molecule has 3 unspecified atom stereocenters. The van der Waals surface area contributed by atoms with Crippen LogP contribution in [0.3, 0.4) is 0 Å². The molecule has 1 aliphatic heterocycles. The van der Waals surface area contributed by atoms with Crippen molar-refractivity contribution in [3.05, 3.63) is 22.8 Å². The normalized spacial score (nSPS) is 19.2. The van der Waals surface area contributed by atoms with Crippen LogP contribution in [0.4, 0.5) is 0 Å². The van der Waals surface area contributed by atoms with Gasteiger partial charge in [-0.1, -0.05) is 47.6 Å². The Labute approximate surface area is 171 Å². The number of benzene rings is 1. The van der Waals surface area contributed by atoms with Crippen molar-refractivity contribution < 1.29 is 18.9 Å². The lowest BCUT2D eigenvalue weighted by Crippen LogP contribution is -2.19. The van der Waals surface area contributed by atoms with Crippen molar-refractivity contribution >= 4 is 0 Å². The fraction of sp³-hybridized carbons (Fsp3) is 0.750. The van der Waals surface area contributed by atoms with Crippen molar-refractivity contribution in [3.63, 3.8) is 0 Å². The van der Waals surface area contributed by atoms with Crippen LogP contribution >= 0.6 is 0 Å². The van der Waals surface area contributed by atoms with Crippen molar-refractivity contribution in [1.29, 1.82) is 0 Å². The van der Waals surface area contributed by atoms with Crippen LogP contribution in [0.1, 0.15) is 95.2 Å². The summed E-state index contributed by atoms with van der Waals surface area (Å²) in [7, 11) is 0. The number of fused-ring (bicyclic) bond motifs is 1. The fourth-order valence-corrected chi connectivity index (χ4v) is 3.64. The van der Waals surface area contributed by atoms with Crippen molar-refractivity contribution in [3.8, 4) is 11.5 Å². The molecule has 4 nitrogen and oxygen atoms in total. The van der Waals surface area contributed by atoms with Gasteiger partial charge in [-0.25, -0.2) is 0 Å². The zero-order valence-electron chi connectivity index (χ0n) is 18.8. The van der Waals surface area contributed by atoms with Gasteiger partial charge in [0, 0.05) is 11.1 Å². The highest BCUT2D eigenvalue weighted by Gasteiger charge is 2.27. The molecule has 2 rings (SSSR count). The summed E-state index contributed by atoms with van der Waals surface area (Å²) in [5, 5.41) is 0. The Hall–Kier alpha value is -1.26. The number of rotatable bonds is 6. The first-order chi connectivity index (χ1) is 13.5. The molecule has 0 amide bonds. The van der Waals surface area contributed by atoms with Gasteiger partial charge in [-0.3, -0.25) is 0 Å². The molecule has 1 heterocycles. The average Bonchev–Trinajstić information content (AvgIpc) is 2.71. The Balaban J connectivity index is 2.65. The molecule has 28 heavy (non-hydrogen) atoms. The summed E-state index contributed by atoms with van der Waals surface area (Å²) < 4.78 is 24.0. The first-order valence-corrected chi connectivity index (χ1v) is 11.2. The predicted octanol–water partition coefficient (Wildman–Crippen LogP) is 6.03. The van der Waals surface area contributed by atoms with Crippen LogP contribution in [0.25, 0.3) is 0 Å². The SMILES string of the molecule is CCC(C)c1cc(C(C)CC)c(C(C)CC)c2c1OCCOCCOCCO2. The maximum atomic E-state index is 6.39. The van der Waals surface area contributed by atoms with E-state index in [1.165, 1.54) is 16.7 Å². The predicted molar refractivity (Wildman–Crippen MR) is 115 cm³/mol. The summed E-state index contributed by atoms with van der Waals surface area (Å²) in [4.78, 5) is 0. The van der Waals surface area contributed by atoms with E-state index in [4.69, 9.17) is 18.9 Å². The summed E-state index contributed by atoms with van der Waals surface area (Å²) in [6, 6.07) is 2.40. The first kappa shape index (κ1) is 23.0. The van der Waals surface area contributed by atoms with Crippen LogP contribution in [0, 0.1) is 0 Å². The van der Waals surface area contributed by atoms with E-state index >= 15 is 0 Å². The molecule has 1 aromatic rings. The standard InChI is InChI=1S/C24H40O4/c1-7-17(4)20-16-21(18(5)8-2)23-24(22(20)19(6)9-3)28-15-13-26-11-10-25-12-14-27-23/h16-19H,7-15H2,1-6H3. The van der Waals surface area contributed by atoms with Gasteiger partial charge in [-0.05, 0) is 42.6 Å². The van der Waals surface area contributed by atoms with Crippen molar-refractivity contribution in [1.82, 2.24) is 0 Å². The van der Waals surface area contributed by atoms with Gasteiger partial charge >= 0.3 is 0 Å². The van der Waals surface area contributed by atoms with Gasteiger partial charge in [0.05, 0.1) is 26.4 Å². The highest BCUT2D eigenvalue weighted by atomic mass is 16.6. The highest BCUT2D eigenvalue weighted by molar-refractivity contribution is 5.59. The molecule has 1 aliphatic rings. The molecule has 0 spiro atoms. The minimum Gasteiger partial charge on any atom is -0.487 e. The molecule has 0 fully saturated rings. The number of hydrogen-bond donors (Lipinski definition) is 0. The Morgan fingerprint density at radius 1 is 0.643 bits per heavy atom. The Morgan fingerprint density at radius 2 is 1.11 bits per heavy atom. The molecule has 1 aromatic carbocycles. The Bertz CT molecular complexity index is 599. The lowest BCUT2D eigenvalue weighted by molar-refractivity contribution is 0.0219. The van der Waals surface area contributed by atoms with Crippen LogP contribution in [0.2, 0.25) is 0 Å². The smallest absolute Gasteiger partial charge is 0.165 e. The first-order valence-electron chi connectivity index (χ1n) is 11.2. The van der Waals surface area contributed by atoms with Crippen LogP contribution in [0.15, 0.2) is 6.07 Å². The van der Waals surface area contributed by atoms with Gasteiger partial charge < -0.3 is 18.9 Å². The molecule has 0 aromatic heterocycles. The van der Waals surface area contributed by atoms with E-state index in [9.17, 15) is 0 Å². The summed E-state index contributed by atoms with van der Waals surface area (Å²) in [6.07, 6.45) is 3.25. The quantitative estimate of drug-likeness (QED) is 0.592. The molecule has 4 heteroatoms. The molecule has 0 saturated heterocycles. The largest absolute Gasteiger partial charge is 0.487 e. The molecular weight excluding hydrogens is 352 g/mol. The van der Waals surface area contributed by atoms with Gasteiger partial charge in [-0.15, -0.1) is 0 Å². The topological polar surface area (TPSA) is 36.9 Å². The Kier molecular flexibility index (Phi) is 9.60. The summed E-state index contributed by atoms with van der Waals surface area (Å²) in [6.45, 7) is 17.0. The highest BCUT2D eigenvalue weighted by Crippen LogP contribution is 2.47. The minimum absolute atomic E-state index is 0.413. The maximum Gasteiger partial charge on any atom is 0.165 e. The van der Waals surface area contributed by atoms with Crippen molar-refractivity contribution in [2.24, 2.45) is 0 Å². The number of ether oxygens (including phenoxy) is 4. The van der Waals surface area contributed by atoms with Gasteiger partial charge in [0.1, 0.15) is 13.2 Å². The van der Waals surface area contributed by atoms with Crippen LogP contribution < -0.4 is 9.47 Å². The second-order valence-corrected chi connectivity index (χ2v) is 7.98. The summed E-state index contributed by atoms with van der Waals surface area (Å²) in [5.41, 5.74) is 3.99. The second-order valence-electron chi connectivity index (χ2n) is 7.98. The van der Waals surface area contributed by atoms with E-state index in [0.29, 0.717) is 57.4 Å². The zero-order valence-corrected chi connectivity index (χ0v) is 18.8. The molecule has 0 bridgehead atoms. The van der Waals surface area contributed by atoms with E-state index in [1.54, 1.807) is 0 Å². The lowest BCUT2D eigenvalue weighted by Gasteiger charge is -2.29. The lowest BCUT2D eigenvalue weighted by atomic mass is 9.82. The van der Waals surface area contributed by atoms with Crippen LogP contribution in [-0.4, -0.2) is 39.6 Å². The Morgan fingerprint density at radius 3 is 1.64 bits per heavy atom. The fourth-order valence-electron chi connectivity index (χ4n) is 3.64. The van der Waals surface area contributed by atoms with Crippen LogP contribution in [-0.2, 0) is 9.47 Å². The third-order valence-electron chi connectivity index (χ3n) is 6.05. The van der Waals surface area contributed by atoms with Crippen LogP contribution in [0.5, 0.6) is 11.5 Å². The van der Waals surface area contributed by atoms with Crippen molar-refractivity contribution in [2.75, 3.05) is 39.6 Å². The second kappa shape index (κ2) is 11.7. The third kappa shape index (κ3) is 5.64. The van der Waals surface area contributed by atoms with E-state index in [2.05, 4.69) is 47.6 Å². The minimum atomic E-state index is 0.413. The molecule has 0 saturated carbocycles. The van der Waals surface area contributed by atoms with E-state index in [0.717, 1.165) is 30.8 Å². The molecular formula is C24H40O4. The monoisotopic (exact) mass is 392 g/mol. The molecule has 0 N–H and O–H groups in total. The summed E-state index contributed by atoms with van der Waals surface area (Å²) in [5.74, 6) is 3.17. The van der Waals surface area contributed by atoms with Gasteiger partial charge in [-0.2, -0.15) is 0 Å². The molecule has 0 radical (unpaired) electrons. The van der Waals surface area contributed by atoms with Crippen molar-refractivity contribution in [2.45, 2.75) is 78.6 Å². The van der Waals surface area contributed by atoms with Gasteiger partial charge in [0.2, 0.25) is 0 Å². The van der Waals surface area contributed by atoms with Gasteiger partial charge in [0.15, 0.2) is 11.5 Å². The van der Waals surface area contributed by atoms with E-state index < -0.39 is 0 Å². The van der Waals surface area contributed by atoms with Gasteiger partial charge in [0.25, 0.3) is 0 Å². The average molecular weight is 393 g/mol. The zero-order chi connectivity index (χ0) is 20.5. The maximum absolute atomic E-state index is 6.39. The summed E-state index contributed by atoms with van der Waals surface area (Å²) >= 11 is 0. The van der Waals surface area contributed by atoms with E-state index in [-0.39, 0.29) is 0 Å². The molecule has 160 valence electrons. The third-order valence-corrected chi connectivity index (χ3v) is 6.05. The number of hydrogen-bond acceptors (Lipinski definition) is 4.